The largest absolute Gasteiger partial charge is 0.493 e. The first-order valence-corrected chi connectivity index (χ1v) is 10.9. The monoisotopic (exact) mass is 411 g/mol. The molecule has 0 saturated heterocycles. The second-order valence-corrected chi connectivity index (χ2v) is 9.85. The van der Waals surface area contributed by atoms with Crippen LogP contribution in [0.15, 0.2) is 65.7 Å². The molecule has 5 rings (SSSR count). The molecule has 3 nitrogen and oxygen atoms in total. The Kier molecular flexibility index (Phi) is 4.47. The van der Waals surface area contributed by atoms with Gasteiger partial charge in [0.2, 0.25) is 0 Å². The van der Waals surface area contributed by atoms with Gasteiger partial charge in [0.15, 0.2) is 11.5 Å². The predicted molar refractivity (Wildman–Crippen MR) is 127 cm³/mol. The van der Waals surface area contributed by atoms with Crippen LogP contribution in [-0.4, -0.2) is 24.0 Å². The second-order valence-electron chi connectivity index (χ2n) is 9.85. The quantitative estimate of drug-likeness (QED) is 0.510. The van der Waals surface area contributed by atoms with Crippen LogP contribution in [0.2, 0.25) is 0 Å². The lowest BCUT2D eigenvalue weighted by Crippen LogP contribution is -2.30. The molecule has 2 heterocycles. The number of methoxy groups -OCH3 is 1. The maximum atomic E-state index is 6.32. The Balaban J connectivity index is 1.66. The third-order valence-corrected chi connectivity index (χ3v) is 6.17. The summed E-state index contributed by atoms with van der Waals surface area (Å²) in [6.45, 7) is 8.68. The first-order chi connectivity index (χ1) is 14.8. The Morgan fingerprint density at radius 3 is 2.16 bits per heavy atom. The van der Waals surface area contributed by atoms with Crippen molar-refractivity contribution in [3.8, 4) is 22.6 Å². The zero-order valence-corrected chi connectivity index (χ0v) is 19.0. The van der Waals surface area contributed by atoms with Gasteiger partial charge in [-0.15, -0.1) is 0 Å². The van der Waals surface area contributed by atoms with Crippen molar-refractivity contribution >= 4 is 5.71 Å². The van der Waals surface area contributed by atoms with E-state index in [1.807, 2.05) is 6.07 Å². The minimum absolute atomic E-state index is 0.172. The highest BCUT2D eigenvalue weighted by molar-refractivity contribution is 6.16. The van der Waals surface area contributed by atoms with Crippen LogP contribution in [-0.2, 0) is 12.8 Å². The number of fused-ring (bicyclic) bond motifs is 3. The van der Waals surface area contributed by atoms with Crippen molar-refractivity contribution in [3.05, 3.63) is 82.9 Å². The predicted octanol–water partition coefficient (Wildman–Crippen LogP) is 6.25. The SMILES string of the molecule is COc1cc2c(c3c1OC(C)(C)C3)C(c1ccc(-c3ccccc3)cc1)=NC(C)(C)C2. The fraction of sp³-hybridized carbons (Fsp3) is 0.321. The fourth-order valence-electron chi connectivity index (χ4n) is 4.88. The first-order valence-electron chi connectivity index (χ1n) is 10.9. The van der Waals surface area contributed by atoms with E-state index in [9.17, 15) is 0 Å². The van der Waals surface area contributed by atoms with Crippen LogP contribution < -0.4 is 9.47 Å². The van der Waals surface area contributed by atoms with Gasteiger partial charge in [-0.05, 0) is 56.9 Å². The van der Waals surface area contributed by atoms with Gasteiger partial charge in [0, 0.05) is 23.1 Å². The van der Waals surface area contributed by atoms with E-state index in [0.717, 1.165) is 35.6 Å². The van der Waals surface area contributed by atoms with Crippen molar-refractivity contribution in [3.63, 3.8) is 0 Å². The molecule has 3 heteroatoms. The summed E-state index contributed by atoms with van der Waals surface area (Å²) in [5.74, 6) is 1.70. The van der Waals surface area contributed by atoms with E-state index < -0.39 is 0 Å². The Bertz CT molecular complexity index is 1170. The standard InChI is InChI=1S/C28H29NO2/c1-27(2)16-21-15-23(30-5)26-22(17-28(3,4)31-26)24(21)25(29-27)20-13-11-19(12-14-20)18-9-7-6-8-10-18/h6-15H,16-17H2,1-5H3. The molecular formula is C28H29NO2. The van der Waals surface area contributed by atoms with Crippen molar-refractivity contribution in [1.29, 1.82) is 0 Å². The number of hydrogen-bond donors (Lipinski definition) is 0. The lowest BCUT2D eigenvalue weighted by atomic mass is 9.81. The Morgan fingerprint density at radius 2 is 1.48 bits per heavy atom. The molecule has 0 atom stereocenters. The molecular weight excluding hydrogens is 382 g/mol. The van der Waals surface area contributed by atoms with Crippen LogP contribution in [0.5, 0.6) is 11.5 Å². The van der Waals surface area contributed by atoms with E-state index in [1.165, 1.54) is 27.8 Å². The summed E-state index contributed by atoms with van der Waals surface area (Å²) in [5, 5.41) is 0. The molecule has 2 aliphatic rings. The van der Waals surface area contributed by atoms with Crippen molar-refractivity contribution in [2.45, 2.75) is 51.7 Å². The van der Waals surface area contributed by atoms with Crippen molar-refractivity contribution < 1.29 is 9.47 Å². The van der Waals surface area contributed by atoms with Gasteiger partial charge in [0.1, 0.15) is 5.60 Å². The van der Waals surface area contributed by atoms with Crippen LogP contribution in [0.4, 0.5) is 0 Å². The molecule has 0 bridgehead atoms. The molecule has 0 unspecified atom stereocenters. The smallest absolute Gasteiger partial charge is 0.166 e. The molecule has 31 heavy (non-hydrogen) atoms. The maximum absolute atomic E-state index is 6.32. The summed E-state index contributed by atoms with van der Waals surface area (Å²) >= 11 is 0. The number of rotatable bonds is 3. The lowest BCUT2D eigenvalue weighted by Gasteiger charge is -2.31. The van der Waals surface area contributed by atoms with Gasteiger partial charge >= 0.3 is 0 Å². The van der Waals surface area contributed by atoms with Gasteiger partial charge in [-0.3, -0.25) is 4.99 Å². The zero-order valence-electron chi connectivity index (χ0n) is 19.0. The Labute approximate surface area is 184 Å². The van der Waals surface area contributed by atoms with Gasteiger partial charge in [-0.1, -0.05) is 54.6 Å². The third-order valence-electron chi connectivity index (χ3n) is 6.17. The number of hydrogen-bond acceptors (Lipinski definition) is 3. The number of nitrogens with zero attached hydrogens (tertiary/aromatic N) is 1. The first kappa shape index (κ1) is 19.9. The number of benzene rings is 3. The molecule has 0 N–H and O–H groups in total. The number of ether oxygens (including phenoxy) is 2. The highest BCUT2D eigenvalue weighted by Crippen LogP contribution is 2.47. The van der Waals surface area contributed by atoms with E-state index in [4.69, 9.17) is 14.5 Å². The Hall–Kier alpha value is -3.07. The average Bonchev–Trinajstić information content (AvgIpc) is 3.07. The summed E-state index contributed by atoms with van der Waals surface area (Å²) in [4.78, 5) is 5.23. The van der Waals surface area contributed by atoms with E-state index in [2.05, 4.69) is 82.3 Å². The molecule has 0 aliphatic carbocycles. The molecule has 158 valence electrons. The van der Waals surface area contributed by atoms with E-state index in [-0.39, 0.29) is 11.1 Å². The summed E-state index contributed by atoms with van der Waals surface area (Å²) in [7, 11) is 1.72. The molecule has 0 saturated carbocycles. The van der Waals surface area contributed by atoms with Crippen LogP contribution in [0.3, 0.4) is 0 Å². The zero-order chi connectivity index (χ0) is 21.8. The summed E-state index contributed by atoms with van der Waals surface area (Å²) in [5.41, 5.74) is 7.96. The van der Waals surface area contributed by atoms with Crippen LogP contribution in [0.1, 0.15) is 49.9 Å². The lowest BCUT2D eigenvalue weighted by molar-refractivity contribution is 0.134. The van der Waals surface area contributed by atoms with Gasteiger partial charge in [-0.2, -0.15) is 0 Å². The summed E-state index contributed by atoms with van der Waals surface area (Å²) in [6, 6.07) is 21.4. The van der Waals surface area contributed by atoms with Crippen molar-refractivity contribution in [2.75, 3.05) is 7.11 Å². The summed E-state index contributed by atoms with van der Waals surface area (Å²) < 4.78 is 12.0. The highest BCUT2D eigenvalue weighted by Gasteiger charge is 2.39. The minimum Gasteiger partial charge on any atom is -0.493 e. The van der Waals surface area contributed by atoms with E-state index in [0.29, 0.717) is 0 Å². The van der Waals surface area contributed by atoms with Crippen LogP contribution in [0.25, 0.3) is 11.1 Å². The normalized spacial score (nSPS) is 17.9. The topological polar surface area (TPSA) is 30.8 Å². The minimum atomic E-state index is -0.250. The third kappa shape index (κ3) is 3.52. The van der Waals surface area contributed by atoms with Crippen molar-refractivity contribution in [2.24, 2.45) is 4.99 Å². The molecule has 0 aromatic heterocycles. The molecule has 0 spiro atoms. The molecule has 0 fully saturated rings. The fourth-order valence-corrected chi connectivity index (χ4v) is 4.88. The van der Waals surface area contributed by atoms with E-state index in [1.54, 1.807) is 7.11 Å². The van der Waals surface area contributed by atoms with Gasteiger partial charge in [0.05, 0.1) is 18.4 Å². The van der Waals surface area contributed by atoms with Gasteiger partial charge in [0.25, 0.3) is 0 Å². The Morgan fingerprint density at radius 1 is 0.839 bits per heavy atom. The second kappa shape index (κ2) is 6.98. The van der Waals surface area contributed by atoms with Crippen LogP contribution >= 0.6 is 0 Å². The van der Waals surface area contributed by atoms with Gasteiger partial charge < -0.3 is 9.47 Å². The molecule has 3 aromatic rings. The summed E-state index contributed by atoms with van der Waals surface area (Å²) in [6.07, 6.45) is 1.74. The molecule has 3 aromatic carbocycles. The number of aliphatic imine (C=N–C) groups is 1. The van der Waals surface area contributed by atoms with Crippen molar-refractivity contribution in [1.82, 2.24) is 0 Å². The van der Waals surface area contributed by atoms with E-state index >= 15 is 0 Å². The average molecular weight is 412 g/mol. The maximum Gasteiger partial charge on any atom is 0.166 e. The molecule has 2 aliphatic heterocycles. The molecule has 0 radical (unpaired) electrons. The highest BCUT2D eigenvalue weighted by atomic mass is 16.5. The van der Waals surface area contributed by atoms with Crippen LogP contribution in [0, 0.1) is 0 Å². The van der Waals surface area contributed by atoms with Gasteiger partial charge in [-0.25, -0.2) is 0 Å². The molecule has 0 amide bonds.